The summed E-state index contributed by atoms with van der Waals surface area (Å²) in [6, 6.07) is 8.94. The van der Waals surface area contributed by atoms with Gasteiger partial charge >= 0.3 is 0 Å². The molecule has 1 heterocycles. The van der Waals surface area contributed by atoms with Gasteiger partial charge in [-0.25, -0.2) is 8.42 Å². The summed E-state index contributed by atoms with van der Waals surface area (Å²) >= 11 is 0. The molecule has 3 rings (SSSR count). The van der Waals surface area contributed by atoms with Gasteiger partial charge in [0, 0.05) is 19.6 Å². The van der Waals surface area contributed by atoms with E-state index in [2.05, 4.69) is 5.32 Å². The van der Waals surface area contributed by atoms with Crippen LogP contribution in [0.4, 0.5) is 0 Å². The Morgan fingerprint density at radius 3 is 2.15 bits per heavy atom. The molecule has 9 nitrogen and oxygen atoms in total. The van der Waals surface area contributed by atoms with Crippen LogP contribution in [-0.4, -0.2) is 65.9 Å². The van der Waals surface area contributed by atoms with Crippen molar-refractivity contribution < 1.29 is 32.2 Å². The van der Waals surface area contributed by atoms with Crippen molar-refractivity contribution in [3.05, 3.63) is 47.0 Å². The highest BCUT2D eigenvalue weighted by Crippen LogP contribution is 2.34. The fourth-order valence-corrected chi connectivity index (χ4v) is 5.11. The molecular weight excluding hydrogens is 448 g/mol. The number of carbonyl (C=O) groups is 1. The Morgan fingerprint density at radius 2 is 1.52 bits per heavy atom. The number of fused-ring (bicyclic) bond motifs is 1. The molecule has 1 aliphatic heterocycles. The first kappa shape index (κ1) is 24.7. The molecule has 0 unspecified atom stereocenters. The maximum Gasteiger partial charge on any atom is 0.224 e. The van der Waals surface area contributed by atoms with Crippen LogP contribution in [0.2, 0.25) is 0 Å². The molecule has 0 saturated carbocycles. The van der Waals surface area contributed by atoms with Gasteiger partial charge in [0.05, 0.1) is 40.6 Å². The van der Waals surface area contributed by atoms with E-state index in [1.54, 1.807) is 39.5 Å². The summed E-state index contributed by atoms with van der Waals surface area (Å²) in [7, 11) is 2.65. The van der Waals surface area contributed by atoms with E-state index in [0.717, 1.165) is 16.7 Å². The van der Waals surface area contributed by atoms with Gasteiger partial charge in [-0.3, -0.25) is 4.79 Å². The summed E-state index contributed by atoms with van der Waals surface area (Å²) in [5.74, 6) is 1.87. The van der Waals surface area contributed by atoms with Gasteiger partial charge < -0.3 is 24.3 Å². The molecule has 0 aromatic heterocycles. The molecule has 1 N–H and O–H groups in total. The molecule has 0 saturated heterocycles. The SMILES string of the molecule is COc1ccc(CC(=O)NCCS(=O)(=O)N2CCc3cc(OC)c(OC)cc3C2)cc1OC. The number of methoxy groups -OCH3 is 4. The van der Waals surface area contributed by atoms with Gasteiger partial charge in [-0.2, -0.15) is 4.31 Å². The van der Waals surface area contributed by atoms with Gasteiger partial charge in [0.15, 0.2) is 23.0 Å². The Morgan fingerprint density at radius 1 is 0.909 bits per heavy atom. The zero-order valence-corrected chi connectivity index (χ0v) is 20.2. The van der Waals surface area contributed by atoms with Crippen molar-refractivity contribution >= 4 is 15.9 Å². The van der Waals surface area contributed by atoms with Crippen LogP contribution >= 0.6 is 0 Å². The third kappa shape index (κ3) is 5.88. The van der Waals surface area contributed by atoms with E-state index in [-0.39, 0.29) is 31.2 Å². The van der Waals surface area contributed by atoms with Crippen LogP contribution in [0.3, 0.4) is 0 Å². The largest absolute Gasteiger partial charge is 0.493 e. The first-order valence-electron chi connectivity index (χ1n) is 10.5. The van der Waals surface area contributed by atoms with E-state index in [4.69, 9.17) is 18.9 Å². The lowest BCUT2D eigenvalue weighted by atomic mass is 10.0. The average Bonchev–Trinajstić information content (AvgIpc) is 2.82. The van der Waals surface area contributed by atoms with E-state index < -0.39 is 10.0 Å². The summed E-state index contributed by atoms with van der Waals surface area (Å²) in [5, 5.41) is 2.69. The number of carbonyl (C=O) groups excluding carboxylic acids is 1. The Hall–Kier alpha value is -2.98. The van der Waals surface area contributed by atoms with Gasteiger partial charge in [0.25, 0.3) is 0 Å². The number of hydrogen-bond acceptors (Lipinski definition) is 7. The first-order chi connectivity index (χ1) is 15.8. The third-order valence-electron chi connectivity index (χ3n) is 5.57. The first-order valence-corrected chi connectivity index (χ1v) is 12.1. The Kier molecular flexibility index (Phi) is 8.04. The predicted octanol–water partition coefficient (Wildman–Crippen LogP) is 1.77. The number of sulfonamides is 1. The fourth-order valence-electron chi connectivity index (χ4n) is 3.78. The molecule has 0 spiro atoms. The molecule has 10 heteroatoms. The molecular formula is C23H30N2O7S. The van der Waals surface area contributed by atoms with Gasteiger partial charge in [-0.05, 0) is 47.4 Å². The molecule has 33 heavy (non-hydrogen) atoms. The summed E-state index contributed by atoms with van der Waals surface area (Å²) in [6.07, 6.45) is 0.694. The van der Waals surface area contributed by atoms with Crippen LogP contribution in [-0.2, 0) is 34.2 Å². The van der Waals surface area contributed by atoms with Crippen LogP contribution in [0.5, 0.6) is 23.0 Å². The second kappa shape index (κ2) is 10.8. The zero-order valence-electron chi connectivity index (χ0n) is 19.3. The summed E-state index contributed by atoms with van der Waals surface area (Å²) in [6.45, 7) is 0.672. The molecule has 0 fully saturated rings. The van der Waals surface area contributed by atoms with Crippen molar-refractivity contribution in [2.45, 2.75) is 19.4 Å². The number of benzene rings is 2. The minimum absolute atomic E-state index is 0.0315. The lowest BCUT2D eigenvalue weighted by Gasteiger charge is -2.29. The summed E-state index contributed by atoms with van der Waals surface area (Å²) < 4.78 is 48.3. The fraction of sp³-hybridized carbons (Fsp3) is 0.435. The molecule has 2 aromatic rings. The minimum Gasteiger partial charge on any atom is -0.493 e. The summed E-state index contributed by atoms with van der Waals surface area (Å²) in [4.78, 5) is 12.3. The Labute approximate surface area is 194 Å². The zero-order chi connectivity index (χ0) is 24.0. The normalized spacial score (nSPS) is 13.7. The molecule has 0 radical (unpaired) electrons. The van der Waals surface area contributed by atoms with Crippen LogP contribution in [0.1, 0.15) is 16.7 Å². The highest BCUT2D eigenvalue weighted by atomic mass is 32.2. The van der Waals surface area contributed by atoms with E-state index in [1.807, 2.05) is 12.1 Å². The van der Waals surface area contributed by atoms with Crippen molar-refractivity contribution in [2.24, 2.45) is 0 Å². The minimum atomic E-state index is -3.54. The average molecular weight is 479 g/mol. The topological polar surface area (TPSA) is 103 Å². The number of ether oxygens (including phenoxy) is 4. The Balaban J connectivity index is 1.56. The van der Waals surface area contributed by atoms with E-state index in [0.29, 0.717) is 36.0 Å². The van der Waals surface area contributed by atoms with E-state index in [1.165, 1.54) is 11.4 Å². The monoisotopic (exact) mass is 478 g/mol. The van der Waals surface area contributed by atoms with Crippen molar-refractivity contribution in [3.63, 3.8) is 0 Å². The predicted molar refractivity (Wildman–Crippen MR) is 124 cm³/mol. The molecule has 0 atom stereocenters. The van der Waals surface area contributed by atoms with Gasteiger partial charge in [-0.1, -0.05) is 6.07 Å². The molecule has 2 aromatic carbocycles. The van der Waals surface area contributed by atoms with Crippen molar-refractivity contribution in [2.75, 3.05) is 47.3 Å². The number of hydrogen-bond donors (Lipinski definition) is 1. The molecule has 180 valence electrons. The lowest BCUT2D eigenvalue weighted by Crippen LogP contribution is -2.40. The van der Waals surface area contributed by atoms with Crippen molar-refractivity contribution in [3.8, 4) is 23.0 Å². The van der Waals surface area contributed by atoms with Crippen LogP contribution in [0.25, 0.3) is 0 Å². The van der Waals surface area contributed by atoms with E-state index in [9.17, 15) is 13.2 Å². The number of amides is 1. The van der Waals surface area contributed by atoms with Crippen LogP contribution < -0.4 is 24.3 Å². The van der Waals surface area contributed by atoms with Gasteiger partial charge in [0.2, 0.25) is 15.9 Å². The maximum absolute atomic E-state index is 12.9. The maximum atomic E-state index is 12.9. The number of nitrogens with one attached hydrogen (secondary N) is 1. The summed E-state index contributed by atoms with van der Waals surface area (Å²) in [5.41, 5.74) is 2.67. The second-order valence-corrected chi connectivity index (χ2v) is 9.68. The second-order valence-electron chi connectivity index (χ2n) is 7.59. The van der Waals surface area contributed by atoms with Crippen LogP contribution in [0, 0.1) is 0 Å². The highest BCUT2D eigenvalue weighted by Gasteiger charge is 2.27. The highest BCUT2D eigenvalue weighted by molar-refractivity contribution is 7.89. The van der Waals surface area contributed by atoms with Crippen molar-refractivity contribution in [1.29, 1.82) is 0 Å². The number of rotatable bonds is 10. The smallest absolute Gasteiger partial charge is 0.224 e. The molecule has 0 aliphatic carbocycles. The lowest BCUT2D eigenvalue weighted by molar-refractivity contribution is -0.120. The Bertz CT molecular complexity index is 1100. The molecule has 1 amide bonds. The standard InChI is InChI=1S/C23H30N2O7S/c1-29-19-6-5-16(11-20(19)30-2)12-23(26)24-8-10-33(27,28)25-9-7-17-13-21(31-3)22(32-4)14-18(17)15-25/h5-6,11,13-14H,7-10,12,15H2,1-4H3,(H,24,26). The van der Waals surface area contributed by atoms with E-state index >= 15 is 0 Å². The quantitative estimate of drug-likeness (QED) is 0.555. The number of nitrogens with zero attached hydrogens (tertiary/aromatic N) is 1. The van der Waals surface area contributed by atoms with Crippen molar-refractivity contribution in [1.82, 2.24) is 9.62 Å². The van der Waals surface area contributed by atoms with Crippen LogP contribution in [0.15, 0.2) is 30.3 Å². The molecule has 1 aliphatic rings. The molecule has 0 bridgehead atoms. The third-order valence-corrected chi connectivity index (χ3v) is 7.39. The van der Waals surface area contributed by atoms with Gasteiger partial charge in [-0.15, -0.1) is 0 Å². The van der Waals surface area contributed by atoms with Gasteiger partial charge in [0.1, 0.15) is 0 Å².